The molecule has 1 amide bonds. The van der Waals surface area contributed by atoms with Crippen LogP contribution in [0.25, 0.3) is 0 Å². The second-order valence-electron chi connectivity index (χ2n) is 4.46. The fourth-order valence-electron chi connectivity index (χ4n) is 2.14. The Morgan fingerprint density at radius 3 is 2.40 bits per heavy atom. The Labute approximate surface area is 90.6 Å². The van der Waals surface area contributed by atoms with Gasteiger partial charge in [0.05, 0.1) is 12.1 Å². The van der Waals surface area contributed by atoms with Crippen LogP contribution in [0.3, 0.4) is 0 Å². The number of rotatable bonds is 3. The lowest BCUT2D eigenvalue weighted by molar-refractivity contribution is -0.129. The summed E-state index contributed by atoms with van der Waals surface area (Å²) in [5.41, 5.74) is 2.21. The second-order valence-corrected chi connectivity index (χ2v) is 4.46. The van der Waals surface area contributed by atoms with Gasteiger partial charge in [-0.05, 0) is 18.8 Å². The van der Waals surface area contributed by atoms with Crippen LogP contribution in [0.2, 0.25) is 0 Å². The molecule has 4 N–H and O–H groups in total. The molecule has 1 heterocycles. The molecule has 0 saturated carbocycles. The number of likely N-dealkylation sites (tertiary alicyclic amines) is 1. The minimum Gasteiger partial charge on any atom is -0.393 e. The van der Waals surface area contributed by atoms with E-state index in [-0.39, 0.29) is 24.0 Å². The van der Waals surface area contributed by atoms with Crippen LogP contribution in [0.1, 0.15) is 26.7 Å². The van der Waals surface area contributed by atoms with Crippen LogP contribution in [0.4, 0.5) is 0 Å². The number of hydrazine groups is 1. The van der Waals surface area contributed by atoms with E-state index in [0.717, 1.165) is 25.9 Å². The van der Waals surface area contributed by atoms with Gasteiger partial charge >= 0.3 is 0 Å². The Balaban J connectivity index is 2.60. The van der Waals surface area contributed by atoms with Crippen molar-refractivity contribution in [3.05, 3.63) is 0 Å². The molecule has 15 heavy (non-hydrogen) atoms. The van der Waals surface area contributed by atoms with Crippen LogP contribution in [0.5, 0.6) is 0 Å². The van der Waals surface area contributed by atoms with Crippen LogP contribution in [-0.4, -0.2) is 41.1 Å². The SMILES string of the molecule is CC(C)C(C(=O)NN)N1CCC(O)CC1. The number of carbonyl (C=O) groups is 1. The van der Waals surface area contributed by atoms with Crippen LogP contribution in [0, 0.1) is 5.92 Å². The third-order valence-electron chi connectivity index (χ3n) is 2.93. The number of aliphatic hydroxyl groups excluding tert-OH is 1. The highest BCUT2D eigenvalue weighted by Gasteiger charge is 2.30. The van der Waals surface area contributed by atoms with E-state index >= 15 is 0 Å². The molecule has 0 radical (unpaired) electrons. The van der Waals surface area contributed by atoms with E-state index < -0.39 is 0 Å². The number of amides is 1. The zero-order valence-electron chi connectivity index (χ0n) is 9.44. The van der Waals surface area contributed by atoms with Gasteiger partial charge in [0.2, 0.25) is 0 Å². The fourth-order valence-corrected chi connectivity index (χ4v) is 2.14. The molecular weight excluding hydrogens is 194 g/mol. The van der Waals surface area contributed by atoms with Crippen molar-refractivity contribution in [3.63, 3.8) is 0 Å². The molecule has 1 rings (SSSR count). The summed E-state index contributed by atoms with van der Waals surface area (Å²) in [5.74, 6) is 5.26. The third kappa shape index (κ3) is 3.15. The number of piperidine rings is 1. The maximum Gasteiger partial charge on any atom is 0.251 e. The summed E-state index contributed by atoms with van der Waals surface area (Å²) in [7, 11) is 0. The Bertz CT molecular complexity index is 213. The van der Waals surface area contributed by atoms with Crippen LogP contribution in [-0.2, 0) is 4.79 Å². The Hall–Kier alpha value is -0.650. The Morgan fingerprint density at radius 1 is 1.47 bits per heavy atom. The van der Waals surface area contributed by atoms with Gasteiger partial charge in [-0.25, -0.2) is 5.84 Å². The van der Waals surface area contributed by atoms with E-state index in [1.807, 2.05) is 13.8 Å². The minimum atomic E-state index is -0.213. The summed E-state index contributed by atoms with van der Waals surface area (Å²) < 4.78 is 0. The molecule has 5 heteroatoms. The standard InChI is InChI=1S/C10H21N3O2/c1-7(2)9(10(15)12-11)13-5-3-8(14)4-6-13/h7-9,14H,3-6,11H2,1-2H3,(H,12,15). The van der Waals surface area contributed by atoms with Crippen LogP contribution < -0.4 is 11.3 Å². The fraction of sp³-hybridized carbons (Fsp3) is 0.900. The predicted molar refractivity (Wildman–Crippen MR) is 57.8 cm³/mol. The monoisotopic (exact) mass is 215 g/mol. The van der Waals surface area contributed by atoms with Gasteiger partial charge in [-0.2, -0.15) is 0 Å². The van der Waals surface area contributed by atoms with Crippen molar-refractivity contribution in [2.24, 2.45) is 11.8 Å². The summed E-state index contributed by atoms with van der Waals surface area (Å²) in [6, 6.07) is -0.178. The zero-order chi connectivity index (χ0) is 11.4. The smallest absolute Gasteiger partial charge is 0.251 e. The number of hydrogen-bond acceptors (Lipinski definition) is 4. The first-order chi connectivity index (χ1) is 7.06. The third-order valence-corrected chi connectivity index (χ3v) is 2.93. The number of hydrogen-bond donors (Lipinski definition) is 3. The number of nitrogens with two attached hydrogens (primary N) is 1. The lowest BCUT2D eigenvalue weighted by Crippen LogP contribution is -2.54. The molecule has 0 aliphatic carbocycles. The minimum absolute atomic E-state index is 0.138. The molecule has 0 aromatic heterocycles. The topological polar surface area (TPSA) is 78.6 Å². The lowest BCUT2D eigenvalue weighted by Gasteiger charge is -2.36. The molecule has 0 bridgehead atoms. The van der Waals surface area contributed by atoms with Crippen molar-refractivity contribution < 1.29 is 9.90 Å². The van der Waals surface area contributed by atoms with Crippen LogP contribution in [0.15, 0.2) is 0 Å². The summed E-state index contributed by atoms with van der Waals surface area (Å²) in [6.07, 6.45) is 1.26. The molecule has 1 aliphatic rings. The number of carbonyl (C=O) groups excluding carboxylic acids is 1. The molecule has 1 aliphatic heterocycles. The average Bonchev–Trinajstić information content (AvgIpc) is 2.20. The van der Waals surface area contributed by atoms with Gasteiger partial charge in [0, 0.05) is 13.1 Å². The van der Waals surface area contributed by atoms with Gasteiger partial charge < -0.3 is 5.11 Å². The van der Waals surface area contributed by atoms with Gasteiger partial charge in [-0.1, -0.05) is 13.8 Å². The van der Waals surface area contributed by atoms with E-state index in [1.54, 1.807) is 0 Å². The first kappa shape index (κ1) is 12.4. The normalized spacial score (nSPS) is 21.7. The van der Waals surface area contributed by atoms with Crippen LogP contribution >= 0.6 is 0 Å². The summed E-state index contributed by atoms with van der Waals surface area (Å²) in [5, 5.41) is 9.39. The Morgan fingerprint density at radius 2 is 2.00 bits per heavy atom. The lowest BCUT2D eigenvalue weighted by atomic mass is 9.98. The average molecular weight is 215 g/mol. The predicted octanol–water partition coefficient (Wildman–Crippen LogP) is -0.542. The van der Waals surface area contributed by atoms with Gasteiger partial charge in [-0.3, -0.25) is 15.1 Å². The Kier molecular flexibility index (Phi) is 4.50. The molecule has 1 saturated heterocycles. The van der Waals surface area contributed by atoms with Gasteiger partial charge in [-0.15, -0.1) is 0 Å². The summed E-state index contributed by atoms with van der Waals surface area (Å²) in [4.78, 5) is 13.7. The second kappa shape index (κ2) is 5.44. The van der Waals surface area contributed by atoms with Gasteiger partial charge in [0.1, 0.15) is 0 Å². The van der Waals surface area contributed by atoms with E-state index in [4.69, 9.17) is 5.84 Å². The summed E-state index contributed by atoms with van der Waals surface area (Å²) in [6.45, 7) is 5.53. The number of aliphatic hydroxyl groups is 1. The number of nitrogens with one attached hydrogen (secondary N) is 1. The zero-order valence-corrected chi connectivity index (χ0v) is 9.44. The molecule has 1 fully saturated rings. The largest absolute Gasteiger partial charge is 0.393 e. The van der Waals surface area contributed by atoms with Crippen molar-refractivity contribution in [3.8, 4) is 0 Å². The molecular formula is C10H21N3O2. The molecule has 88 valence electrons. The molecule has 0 aromatic carbocycles. The summed E-state index contributed by atoms with van der Waals surface area (Å²) >= 11 is 0. The van der Waals surface area contributed by atoms with E-state index in [9.17, 15) is 9.90 Å². The molecule has 0 spiro atoms. The highest BCUT2D eigenvalue weighted by Crippen LogP contribution is 2.17. The van der Waals surface area contributed by atoms with E-state index in [1.165, 1.54) is 0 Å². The highest BCUT2D eigenvalue weighted by molar-refractivity contribution is 5.81. The maximum atomic E-state index is 11.6. The first-order valence-electron chi connectivity index (χ1n) is 5.48. The van der Waals surface area contributed by atoms with Crippen molar-refractivity contribution >= 4 is 5.91 Å². The quantitative estimate of drug-likeness (QED) is 0.335. The molecule has 1 unspecified atom stereocenters. The van der Waals surface area contributed by atoms with Gasteiger partial charge in [0.25, 0.3) is 5.91 Å². The van der Waals surface area contributed by atoms with Crippen molar-refractivity contribution in [2.45, 2.75) is 38.8 Å². The first-order valence-corrected chi connectivity index (χ1v) is 5.48. The van der Waals surface area contributed by atoms with Crippen molar-refractivity contribution in [2.75, 3.05) is 13.1 Å². The number of nitrogens with zero attached hydrogens (tertiary/aromatic N) is 1. The molecule has 1 atom stereocenters. The maximum absolute atomic E-state index is 11.6. The molecule has 0 aromatic rings. The van der Waals surface area contributed by atoms with Gasteiger partial charge in [0.15, 0.2) is 0 Å². The highest BCUT2D eigenvalue weighted by atomic mass is 16.3. The van der Waals surface area contributed by atoms with E-state index in [2.05, 4.69) is 10.3 Å². The van der Waals surface area contributed by atoms with Crippen molar-refractivity contribution in [1.29, 1.82) is 0 Å². The molecule has 5 nitrogen and oxygen atoms in total. The van der Waals surface area contributed by atoms with Crippen molar-refractivity contribution in [1.82, 2.24) is 10.3 Å². The van der Waals surface area contributed by atoms with E-state index in [0.29, 0.717) is 0 Å².